The minimum atomic E-state index is -0.133. The largest absolute Gasteiger partial charge is 0.345 e. The third kappa shape index (κ3) is 2.05. The standard InChI is InChI=1S/C15H15N5O2/c1-9-18-14(22-19-9)13-3-2-6-20(13)15(21)10-4-5-11-12(7-10)17-8-16-11/h4-5,7-8,13H,2-3,6H2,1H3,(H,16,17). The van der Waals surface area contributed by atoms with Crippen LogP contribution in [0.5, 0.6) is 0 Å². The second-order valence-corrected chi connectivity index (χ2v) is 5.47. The zero-order valence-corrected chi connectivity index (χ0v) is 12.1. The highest BCUT2D eigenvalue weighted by atomic mass is 16.5. The van der Waals surface area contributed by atoms with Crippen LogP contribution in [0.3, 0.4) is 0 Å². The maximum atomic E-state index is 12.8. The molecule has 3 heterocycles. The molecule has 0 radical (unpaired) electrons. The molecular weight excluding hydrogens is 282 g/mol. The van der Waals surface area contributed by atoms with E-state index in [1.54, 1.807) is 19.3 Å². The Kier molecular flexibility index (Phi) is 2.92. The molecule has 1 atom stereocenters. The Bertz CT molecular complexity index is 837. The Morgan fingerprint density at radius 3 is 3.18 bits per heavy atom. The van der Waals surface area contributed by atoms with E-state index in [0.29, 0.717) is 23.8 Å². The third-order valence-corrected chi connectivity index (χ3v) is 4.01. The van der Waals surface area contributed by atoms with Crippen molar-refractivity contribution in [2.24, 2.45) is 0 Å². The van der Waals surface area contributed by atoms with Crippen LogP contribution >= 0.6 is 0 Å². The number of imidazole rings is 1. The van der Waals surface area contributed by atoms with E-state index in [0.717, 1.165) is 23.9 Å². The highest BCUT2D eigenvalue weighted by molar-refractivity contribution is 5.97. The summed E-state index contributed by atoms with van der Waals surface area (Å²) in [6.07, 6.45) is 3.41. The lowest BCUT2D eigenvalue weighted by atomic mass is 10.1. The maximum absolute atomic E-state index is 12.8. The Labute approximate surface area is 126 Å². The van der Waals surface area contributed by atoms with Crippen molar-refractivity contribution in [3.8, 4) is 0 Å². The summed E-state index contributed by atoms with van der Waals surface area (Å²) in [7, 11) is 0. The van der Waals surface area contributed by atoms with Gasteiger partial charge in [0.1, 0.15) is 6.04 Å². The summed E-state index contributed by atoms with van der Waals surface area (Å²) >= 11 is 0. The summed E-state index contributed by atoms with van der Waals surface area (Å²) in [5, 5.41) is 3.82. The number of rotatable bonds is 2. The normalized spacial score (nSPS) is 18.2. The lowest BCUT2D eigenvalue weighted by molar-refractivity contribution is 0.0710. The number of carbonyl (C=O) groups excluding carboxylic acids is 1. The SMILES string of the molecule is Cc1noc(C2CCCN2C(=O)c2ccc3nc[nH]c3c2)n1. The van der Waals surface area contributed by atoms with Crippen LogP contribution in [0.1, 0.15) is 41.0 Å². The molecule has 1 N–H and O–H groups in total. The highest BCUT2D eigenvalue weighted by Crippen LogP contribution is 2.32. The topological polar surface area (TPSA) is 87.9 Å². The molecule has 0 bridgehead atoms. The van der Waals surface area contributed by atoms with Gasteiger partial charge in [-0.25, -0.2) is 4.98 Å². The van der Waals surface area contributed by atoms with Gasteiger partial charge in [-0.3, -0.25) is 4.79 Å². The fourth-order valence-electron chi connectivity index (χ4n) is 2.95. The van der Waals surface area contributed by atoms with E-state index in [1.165, 1.54) is 0 Å². The Morgan fingerprint density at radius 2 is 2.36 bits per heavy atom. The molecule has 1 aliphatic heterocycles. The van der Waals surface area contributed by atoms with Gasteiger partial charge >= 0.3 is 0 Å². The quantitative estimate of drug-likeness (QED) is 0.783. The summed E-state index contributed by atoms with van der Waals surface area (Å²) in [6.45, 7) is 2.48. The number of aromatic amines is 1. The zero-order valence-electron chi connectivity index (χ0n) is 12.1. The number of hydrogen-bond acceptors (Lipinski definition) is 5. The van der Waals surface area contributed by atoms with E-state index in [2.05, 4.69) is 20.1 Å². The molecule has 22 heavy (non-hydrogen) atoms. The molecule has 7 nitrogen and oxygen atoms in total. The first-order chi connectivity index (χ1) is 10.7. The van der Waals surface area contributed by atoms with Crippen molar-refractivity contribution in [2.45, 2.75) is 25.8 Å². The van der Waals surface area contributed by atoms with Crippen LogP contribution in [0.4, 0.5) is 0 Å². The number of nitrogens with zero attached hydrogens (tertiary/aromatic N) is 4. The fourth-order valence-corrected chi connectivity index (χ4v) is 2.95. The minimum absolute atomic E-state index is 0.0187. The van der Waals surface area contributed by atoms with Crippen LogP contribution in [0.15, 0.2) is 29.0 Å². The third-order valence-electron chi connectivity index (χ3n) is 4.01. The number of carbonyl (C=O) groups is 1. The lowest BCUT2D eigenvalue weighted by Gasteiger charge is -2.21. The van der Waals surface area contributed by atoms with Crippen LogP contribution in [-0.2, 0) is 0 Å². The van der Waals surface area contributed by atoms with E-state index in [4.69, 9.17) is 4.52 Å². The molecular formula is C15H15N5O2. The number of aromatic nitrogens is 4. The first kappa shape index (κ1) is 13.0. The van der Waals surface area contributed by atoms with Gasteiger partial charge < -0.3 is 14.4 Å². The summed E-state index contributed by atoms with van der Waals surface area (Å²) in [5.74, 6) is 1.09. The molecule has 1 saturated heterocycles. The van der Waals surface area contributed by atoms with Crippen LogP contribution in [-0.4, -0.2) is 37.5 Å². The van der Waals surface area contributed by atoms with Gasteiger partial charge in [-0.1, -0.05) is 5.16 Å². The Hall–Kier alpha value is -2.70. The lowest BCUT2D eigenvalue weighted by Crippen LogP contribution is -2.30. The zero-order chi connectivity index (χ0) is 15.1. The molecule has 112 valence electrons. The summed E-state index contributed by atoms with van der Waals surface area (Å²) in [5.41, 5.74) is 2.34. The van der Waals surface area contributed by atoms with Gasteiger partial charge in [-0.2, -0.15) is 4.98 Å². The first-order valence-corrected chi connectivity index (χ1v) is 7.27. The smallest absolute Gasteiger partial charge is 0.254 e. The van der Waals surface area contributed by atoms with Crippen molar-refractivity contribution in [1.29, 1.82) is 0 Å². The number of H-pyrrole nitrogens is 1. The van der Waals surface area contributed by atoms with E-state index in [9.17, 15) is 4.79 Å². The molecule has 1 aromatic carbocycles. The Balaban J connectivity index is 1.65. The second-order valence-electron chi connectivity index (χ2n) is 5.47. The van der Waals surface area contributed by atoms with Crippen molar-refractivity contribution in [2.75, 3.05) is 6.54 Å². The number of benzene rings is 1. The second kappa shape index (κ2) is 4.94. The molecule has 0 saturated carbocycles. The molecule has 1 amide bonds. The van der Waals surface area contributed by atoms with Gasteiger partial charge in [-0.05, 0) is 38.0 Å². The van der Waals surface area contributed by atoms with Crippen molar-refractivity contribution >= 4 is 16.9 Å². The van der Waals surface area contributed by atoms with Gasteiger partial charge in [0.2, 0.25) is 5.89 Å². The maximum Gasteiger partial charge on any atom is 0.254 e. The monoisotopic (exact) mass is 297 g/mol. The number of likely N-dealkylation sites (tertiary alicyclic amines) is 1. The number of fused-ring (bicyclic) bond motifs is 1. The molecule has 1 aliphatic rings. The molecule has 0 spiro atoms. The van der Waals surface area contributed by atoms with E-state index in [-0.39, 0.29) is 11.9 Å². The Morgan fingerprint density at radius 1 is 1.45 bits per heavy atom. The van der Waals surface area contributed by atoms with E-state index in [1.807, 2.05) is 17.0 Å². The van der Waals surface area contributed by atoms with E-state index < -0.39 is 0 Å². The molecule has 3 aromatic rings. The molecule has 1 fully saturated rings. The van der Waals surface area contributed by atoms with Crippen LogP contribution < -0.4 is 0 Å². The van der Waals surface area contributed by atoms with Gasteiger partial charge in [0.05, 0.1) is 17.4 Å². The predicted molar refractivity (Wildman–Crippen MR) is 78.1 cm³/mol. The van der Waals surface area contributed by atoms with Crippen LogP contribution in [0.25, 0.3) is 11.0 Å². The fraction of sp³-hybridized carbons (Fsp3) is 0.333. The molecule has 4 rings (SSSR count). The molecule has 0 aliphatic carbocycles. The van der Waals surface area contributed by atoms with Crippen molar-refractivity contribution in [3.63, 3.8) is 0 Å². The summed E-state index contributed by atoms with van der Waals surface area (Å²) in [6, 6.07) is 5.35. The van der Waals surface area contributed by atoms with Crippen LogP contribution in [0, 0.1) is 6.92 Å². The molecule has 7 heteroatoms. The minimum Gasteiger partial charge on any atom is -0.345 e. The number of hydrogen-bond donors (Lipinski definition) is 1. The average Bonchev–Trinajstić information content (AvgIpc) is 3.25. The van der Waals surface area contributed by atoms with E-state index >= 15 is 0 Å². The molecule has 2 aromatic heterocycles. The van der Waals surface area contributed by atoms with Gasteiger partial charge in [0.25, 0.3) is 5.91 Å². The number of nitrogens with one attached hydrogen (secondary N) is 1. The summed E-state index contributed by atoms with van der Waals surface area (Å²) in [4.78, 5) is 26.1. The molecule has 1 unspecified atom stereocenters. The number of amides is 1. The predicted octanol–water partition coefficient (Wildman–Crippen LogP) is 2.23. The van der Waals surface area contributed by atoms with Crippen molar-refractivity contribution in [3.05, 3.63) is 41.8 Å². The summed E-state index contributed by atoms with van der Waals surface area (Å²) < 4.78 is 5.25. The van der Waals surface area contributed by atoms with Gasteiger partial charge in [-0.15, -0.1) is 0 Å². The highest BCUT2D eigenvalue weighted by Gasteiger charge is 2.34. The van der Waals surface area contributed by atoms with Crippen molar-refractivity contribution < 1.29 is 9.32 Å². The average molecular weight is 297 g/mol. The van der Waals surface area contributed by atoms with Crippen molar-refractivity contribution in [1.82, 2.24) is 25.0 Å². The number of aryl methyl sites for hydroxylation is 1. The van der Waals surface area contributed by atoms with Gasteiger partial charge in [0, 0.05) is 12.1 Å². The van der Waals surface area contributed by atoms with Gasteiger partial charge in [0.15, 0.2) is 5.82 Å². The van der Waals surface area contributed by atoms with Crippen LogP contribution in [0.2, 0.25) is 0 Å². The first-order valence-electron chi connectivity index (χ1n) is 7.27.